The molecule has 8 heteroatoms. The van der Waals surface area contributed by atoms with Crippen LogP contribution in [0, 0.1) is 10.1 Å². The van der Waals surface area contributed by atoms with E-state index in [1.54, 1.807) is 11.9 Å². The van der Waals surface area contributed by atoms with Gasteiger partial charge in [-0.3, -0.25) is 10.1 Å². The van der Waals surface area contributed by atoms with Crippen molar-refractivity contribution >= 4 is 29.1 Å². The van der Waals surface area contributed by atoms with Crippen molar-refractivity contribution in [2.45, 2.75) is 31.6 Å². The number of hydrogen-bond acceptors (Lipinski definition) is 7. The van der Waals surface area contributed by atoms with Crippen LogP contribution in [0.5, 0.6) is 0 Å². The van der Waals surface area contributed by atoms with E-state index in [1.807, 2.05) is 50.4 Å². The van der Waals surface area contributed by atoms with E-state index >= 15 is 0 Å². The van der Waals surface area contributed by atoms with E-state index in [-0.39, 0.29) is 17.5 Å². The van der Waals surface area contributed by atoms with Gasteiger partial charge in [0.1, 0.15) is 0 Å². The first-order valence-electron chi connectivity index (χ1n) is 7.54. The van der Waals surface area contributed by atoms with E-state index in [4.69, 9.17) is 0 Å². The fraction of sp³-hybridized carbons (Fsp3) is 0.375. The lowest BCUT2D eigenvalue weighted by Crippen LogP contribution is -2.22. The molecule has 0 aliphatic rings. The zero-order valence-corrected chi connectivity index (χ0v) is 15.0. The van der Waals surface area contributed by atoms with Gasteiger partial charge in [-0.25, -0.2) is 0 Å². The summed E-state index contributed by atoms with van der Waals surface area (Å²) in [6, 6.07) is 9.81. The van der Waals surface area contributed by atoms with Crippen LogP contribution in [0.1, 0.15) is 19.4 Å². The average molecular weight is 347 g/mol. The molecule has 2 rings (SSSR count). The Morgan fingerprint density at radius 1 is 1.29 bits per heavy atom. The molecule has 7 nitrogen and oxygen atoms in total. The average Bonchev–Trinajstić information content (AvgIpc) is 2.54. The van der Waals surface area contributed by atoms with Crippen LogP contribution in [0.25, 0.3) is 0 Å². The fourth-order valence-electron chi connectivity index (χ4n) is 2.25. The number of benzene rings is 1. The highest BCUT2D eigenvalue weighted by molar-refractivity contribution is 7.98. The normalized spacial score (nSPS) is 10.7. The van der Waals surface area contributed by atoms with Gasteiger partial charge in [0, 0.05) is 19.6 Å². The molecular formula is C16H21N5O2S. The second-order valence-corrected chi connectivity index (χ2v) is 6.40. The highest BCUT2D eigenvalue weighted by Crippen LogP contribution is 2.34. The molecule has 1 heterocycles. The number of hydrogen-bond donors (Lipinski definition) is 1. The van der Waals surface area contributed by atoms with Crippen LogP contribution in [-0.2, 0) is 6.54 Å². The number of nitro groups is 1. The van der Waals surface area contributed by atoms with E-state index in [1.165, 1.54) is 11.8 Å². The second-order valence-electron chi connectivity index (χ2n) is 5.63. The van der Waals surface area contributed by atoms with E-state index in [9.17, 15) is 10.1 Å². The van der Waals surface area contributed by atoms with Crippen molar-refractivity contribution < 1.29 is 4.92 Å². The van der Waals surface area contributed by atoms with Crippen molar-refractivity contribution in [2.75, 3.05) is 23.5 Å². The maximum Gasteiger partial charge on any atom is 0.353 e. The Labute approximate surface area is 145 Å². The molecule has 0 saturated carbocycles. The zero-order valence-electron chi connectivity index (χ0n) is 14.2. The number of aromatic nitrogens is 2. The van der Waals surface area contributed by atoms with Gasteiger partial charge in [0.15, 0.2) is 5.16 Å². The summed E-state index contributed by atoms with van der Waals surface area (Å²) in [4.78, 5) is 21.6. The zero-order chi connectivity index (χ0) is 17.7. The smallest absolute Gasteiger partial charge is 0.353 e. The van der Waals surface area contributed by atoms with Gasteiger partial charge in [-0.1, -0.05) is 42.1 Å². The summed E-state index contributed by atoms with van der Waals surface area (Å²) in [6.45, 7) is 4.35. The Morgan fingerprint density at radius 3 is 2.50 bits per heavy atom. The number of rotatable bonds is 7. The minimum absolute atomic E-state index is 0.0283. The molecule has 2 aromatic rings. The van der Waals surface area contributed by atoms with Gasteiger partial charge in [0.25, 0.3) is 0 Å². The second kappa shape index (κ2) is 7.96. The lowest BCUT2D eigenvalue weighted by atomic mass is 10.2. The molecule has 1 aromatic heterocycles. The molecule has 0 bridgehead atoms. The number of anilines is 2. The van der Waals surface area contributed by atoms with Gasteiger partial charge in [-0.2, -0.15) is 9.97 Å². The summed E-state index contributed by atoms with van der Waals surface area (Å²) in [5.41, 5.74) is 0.955. The summed E-state index contributed by atoms with van der Waals surface area (Å²) in [6.07, 6.45) is 1.85. The molecule has 0 aliphatic carbocycles. The van der Waals surface area contributed by atoms with Crippen LogP contribution in [0.4, 0.5) is 17.3 Å². The van der Waals surface area contributed by atoms with E-state index in [0.29, 0.717) is 17.5 Å². The highest BCUT2D eigenvalue weighted by Gasteiger charge is 2.27. The standard InChI is InChI=1S/C16H21N5O2S/c1-11(2)17-14-13(21(22)23)15(19-16(18-14)24-4)20(3)10-12-8-6-5-7-9-12/h5-9,11H,10H2,1-4H3,(H,17,18,19). The summed E-state index contributed by atoms with van der Waals surface area (Å²) >= 11 is 1.36. The third kappa shape index (κ3) is 4.35. The number of nitrogens with zero attached hydrogens (tertiary/aromatic N) is 4. The van der Waals surface area contributed by atoms with Crippen molar-refractivity contribution in [3.8, 4) is 0 Å². The fourth-order valence-corrected chi connectivity index (χ4v) is 2.62. The monoisotopic (exact) mass is 347 g/mol. The van der Waals surface area contributed by atoms with Gasteiger partial charge in [-0.15, -0.1) is 0 Å². The minimum atomic E-state index is -0.425. The largest absolute Gasteiger partial charge is 0.362 e. The van der Waals surface area contributed by atoms with Gasteiger partial charge in [0.05, 0.1) is 4.92 Å². The maximum atomic E-state index is 11.6. The van der Waals surface area contributed by atoms with Crippen molar-refractivity contribution in [3.63, 3.8) is 0 Å². The lowest BCUT2D eigenvalue weighted by Gasteiger charge is -2.20. The highest BCUT2D eigenvalue weighted by atomic mass is 32.2. The van der Waals surface area contributed by atoms with Crippen LogP contribution in [-0.4, -0.2) is 34.2 Å². The SMILES string of the molecule is CSc1nc(NC(C)C)c([N+](=O)[O-])c(N(C)Cc2ccccc2)n1. The minimum Gasteiger partial charge on any atom is -0.362 e. The molecule has 1 aromatic carbocycles. The predicted octanol–water partition coefficient (Wildman–Crippen LogP) is 3.56. The van der Waals surface area contributed by atoms with Gasteiger partial charge < -0.3 is 10.2 Å². The summed E-state index contributed by atoms with van der Waals surface area (Å²) in [7, 11) is 1.80. The molecule has 1 N–H and O–H groups in total. The van der Waals surface area contributed by atoms with E-state index in [2.05, 4.69) is 15.3 Å². The number of thioether (sulfide) groups is 1. The van der Waals surface area contributed by atoms with E-state index < -0.39 is 4.92 Å². The Bertz CT molecular complexity index is 709. The third-order valence-corrected chi connectivity index (χ3v) is 3.81. The van der Waals surface area contributed by atoms with Crippen LogP contribution < -0.4 is 10.2 Å². The first-order chi connectivity index (χ1) is 11.4. The van der Waals surface area contributed by atoms with Crippen molar-refractivity contribution in [3.05, 3.63) is 46.0 Å². The summed E-state index contributed by atoms with van der Waals surface area (Å²) < 4.78 is 0. The molecule has 24 heavy (non-hydrogen) atoms. The molecule has 0 aliphatic heterocycles. The van der Waals surface area contributed by atoms with Crippen LogP contribution >= 0.6 is 11.8 Å². The van der Waals surface area contributed by atoms with E-state index in [0.717, 1.165) is 5.56 Å². The topological polar surface area (TPSA) is 84.2 Å². The molecule has 0 unspecified atom stereocenters. The Kier molecular flexibility index (Phi) is 5.97. The van der Waals surface area contributed by atoms with Gasteiger partial charge in [0.2, 0.25) is 11.6 Å². The molecule has 0 fully saturated rings. The molecule has 0 saturated heterocycles. The molecule has 0 atom stereocenters. The Morgan fingerprint density at radius 2 is 1.96 bits per heavy atom. The first-order valence-corrected chi connectivity index (χ1v) is 8.76. The van der Waals surface area contributed by atoms with Crippen LogP contribution in [0.3, 0.4) is 0 Å². The predicted molar refractivity (Wildman–Crippen MR) is 97.8 cm³/mol. The number of nitrogens with one attached hydrogen (secondary N) is 1. The quantitative estimate of drug-likeness (QED) is 0.355. The van der Waals surface area contributed by atoms with Crippen LogP contribution in [0.15, 0.2) is 35.5 Å². The Hall–Kier alpha value is -2.35. The lowest BCUT2D eigenvalue weighted by molar-refractivity contribution is -0.383. The summed E-state index contributed by atoms with van der Waals surface area (Å²) in [5.74, 6) is 0.565. The molecule has 0 radical (unpaired) electrons. The van der Waals surface area contributed by atoms with Crippen molar-refractivity contribution in [2.24, 2.45) is 0 Å². The molecular weight excluding hydrogens is 326 g/mol. The third-order valence-electron chi connectivity index (χ3n) is 3.26. The van der Waals surface area contributed by atoms with Crippen LogP contribution in [0.2, 0.25) is 0 Å². The van der Waals surface area contributed by atoms with Crippen molar-refractivity contribution in [1.82, 2.24) is 9.97 Å². The Balaban J connectivity index is 2.47. The van der Waals surface area contributed by atoms with Crippen molar-refractivity contribution in [1.29, 1.82) is 0 Å². The maximum absolute atomic E-state index is 11.6. The molecule has 0 spiro atoms. The van der Waals surface area contributed by atoms with Gasteiger partial charge in [-0.05, 0) is 25.7 Å². The molecule has 0 amide bonds. The summed E-state index contributed by atoms with van der Waals surface area (Å²) in [5, 5.41) is 15.2. The van der Waals surface area contributed by atoms with Gasteiger partial charge >= 0.3 is 5.69 Å². The molecule has 128 valence electrons. The first kappa shape index (κ1) is 18.0.